The molecule has 0 unspecified atom stereocenters. The molecule has 1 aromatic heterocycles. The van der Waals surface area contributed by atoms with E-state index in [1.807, 2.05) is 24.8 Å². The molecule has 21 heavy (non-hydrogen) atoms. The third-order valence-corrected chi connectivity index (χ3v) is 4.03. The van der Waals surface area contributed by atoms with Gasteiger partial charge in [-0.05, 0) is 38.3 Å². The molecule has 1 saturated heterocycles. The number of rotatable bonds is 2. The van der Waals surface area contributed by atoms with Crippen molar-refractivity contribution in [2.45, 2.75) is 32.9 Å². The summed E-state index contributed by atoms with van der Waals surface area (Å²) in [6.07, 6.45) is -3.96. The van der Waals surface area contributed by atoms with Crippen LogP contribution in [-0.4, -0.2) is 29.2 Å². The number of hydrogen-bond donors (Lipinski definition) is 1. The van der Waals surface area contributed by atoms with Crippen LogP contribution < -0.4 is 10.6 Å². The van der Waals surface area contributed by atoms with Crippen molar-refractivity contribution in [1.82, 2.24) is 4.98 Å². The smallest absolute Gasteiger partial charge is 0.389 e. The van der Waals surface area contributed by atoms with Crippen LogP contribution in [0, 0.1) is 19.8 Å². The Hall–Kier alpha value is -1.37. The maximum atomic E-state index is 12.7. The van der Waals surface area contributed by atoms with E-state index in [1.165, 1.54) is 0 Å². The molecule has 0 atom stereocenters. The Kier molecular flexibility index (Phi) is 4.41. The molecule has 0 bridgehead atoms. The number of aryl methyl sites for hydroxylation is 2. The molecule has 0 aliphatic carbocycles. The zero-order valence-corrected chi connectivity index (χ0v) is 12.8. The molecule has 1 aromatic rings. The Labute approximate surface area is 127 Å². The minimum Gasteiger partial charge on any atom is -0.389 e. The van der Waals surface area contributed by atoms with Gasteiger partial charge in [0.15, 0.2) is 0 Å². The molecule has 1 aliphatic rings. The minimum absolute atomic E-state index is 0.0783. The number of piperidine rings is 1. The molecule has 0 amide bonds. The monoisotopic (exact) mass is 317 g/mol. The fourth-order valence-corrected chi connectivity index (χ4v) is 3.02. The minimum atomic E-state index is -4.12. The van der Waals surface area contributed by atoms with Crippen LogP contribution in [0.4, 0.5) is 19.0 Å². The second-order valence-electron chi connectivity index (χ2n) is 5.45. The number of pyridine rings is 1. The summed E-state index contributed by atoms with van der Waals surface area (Å²) in [5, 5.41) is 0. The average Bonchev–Trinajstić information content (AvgIpc) is 2.36. The number of aromatic nitrogens is 1. The summed E-state index contributed by atoms with van der Waals surface area (Å²) in [5.74, 6) is -0.617. The standard InChI is InChI=1S/C14H18F3N3S/c1-8-7-9(2)19-13(11(8)12(18)21)20-5-3-10(4-6-20)14(15,16)17/h7,10H,3-6H2,1-2H3,(H2,18,21). The van der Waals surface area contributed by atoms with E-state index in [2.05, 4.69) is 4.98 Å². The zero-order valence-electron chi connectivity index (χ0n) is 12.0. The Balaban J connectivity index is 2.26. The lowest BCUT2D eigenvalue weighted by atomic mass is 9.95. The van der Waals surface area contributed by atoms with E-state index in [9.17, 15) is 13.2 Å². The van der Waals surface area contributed by atoms with Crippen molar-refractivity contribution >= 4 is 23.0 Å². The maximum Gasteiger partial charge on any atom is 0.391 e. The lowest BCUT2D eigenvalue weighted by molar-refractivity contribution is -0.179. The lowest BCUT2D eigenvalue weighted by Crippen LogP contribution is -2.40. The van der Waals surface area contributed by atoms with Gasteiger partial charge in [0.05, 0.1) is 11.5 Å². The van der Waals surface area contributed by atoms with Crippen molar-refractivity contribution in [2.24, 2.45) is 11.7 Å². The van der Waals surface area contributed by atoms with Crippen molar-refractivity contribution in [3.05, 3.63) is 22.9 Å². The van der Waals surface area contributed by atoms with E-state index in [0.717, 1.165) is 11.3 Å². The quantitative estimate of drug-likeness (QED) is 0.851. The van der Waals surface area contributed by atoms with Gasteiger partial charge < -0.3 is 10.6 Å². The van der Waals surface area contributed by atoms with E-state index < -0.39 is 12.1 Å². The van der Waals surface area contributed by atoms with Gasteiger partial charge in [0.1, 0.15) is 10.8 Å². The van der Waals surface area contributed by atoms with Gasteiger partial charge in [-0.2, -0.15) is 13.2 Å². The molecule has 1 aliphatic heterocycles. The van der Waals surface area contributed by atoms with Crippen LogP contribution in [0.1, 0.15) is 29.7 Å². The summed E-state index contributed by atoms with van der Waals surface area (Å²) in [4.78, 5) is 6.53. The topological polar surface area (TPSA) is 42.1 Å². The number of hydrogen-bond acceptors (Lipinski definition) is 3. The van der Waals surface area contributed by atoms with Crippen molar-refractivity contribution in [2.75, 3.05) is 18.0 Å². The van der Waals surface area contributed by atoms with Crippen molar-refractivity contribution in [3.63, 3.8) is 0 Å². The van der Waals surface area contributed by atoms with Gasteiger partial charge in [0, 0.05) is 18.8 Å². The Bertz CT molecular complexity index is 549. The number of anilines is 1. The van der Waals surface area contributed by atoms with Gasteiger partial charge in [0.25, 0.3) is 0 Å². The molecule has 0 aromatic carbocycles. The van der Waals surface area contributed by atoms with Crippen LogP contribution in [0.15, 0.2) is 6.07 Å². The summed E-state index contributed by atoms with van der Waals surface area (Å²) < 4.78 is 38.2. The van der Waals surface area contributed by atoms with Gasteiger partial charge in [-0.25, -0.2) is 4.98 Å². The summed E-state index contributed by atoms with van der Waals surface area (Å²) in [6, 6.07) is 1.88. The van der Waals surface area contributed by atoms with Crippen LogP contribution >= 0.6 is 12.2 Å². The normalized spacial score (nSPS) is 17.1. The molecule has 1 fully saturated rings. The summed E-state index contributed by atoms with van der Waals surface area (Å²) in [5.41, 5.74) is 8.13. The third kappa shape index (κ3) is 3.45. The first-order valence-electron chi connectivity index (χ1n) is 6.80. The molecule has 3 nitrogen and oxygen atoms in total. The third-order valence-electron chi connectivity index (χ3n) is 3.83. The van der Waals surface area contributed by atoms with E-state index >= 15 is 0 Å². The first-order chi connectivity index (χ1) is 9.70. The summed E-state index contributed by atoms with van der Waals surface area (Å²) in [7, 11) is 0. The lowest BCUT2D eigenvalue weighted by Gasteiger charge is -2.35. The number of thiocarbonyl (C=S) groups is 1. The summed E-state index contributed by atoms with van der Waals surface area (Å²) in [6.45, 7) is 4.36. The highest BCUT2D eigenvalue weighted by molar-refractivity contribution is 7.80. The average molecular weight is 317 g/mol. The largest absolute Gasteiger partial charge is 0.391 e. The van der Waals surface area contributed by atoms with Gasteiger partial charge in [-0.1, -0.05) is 12.2 Å². The SMILES string of the molecule is Cc1cc(C)c(C(N)=S)c(N2CCC(C(F)(F)F)CC2)n1. The molecule has 116 valence electrons. The van der Waals surface area contributed by atoms with E-state index in [4.69, 9.17) is 18.0 Å². The van der Waals surface area contributed by atoms with Crippen molar-refractivity contribution in [3.8, 4) is 0 Å². The first kappa shape index (κ1) is 16.0. The maximum absolute atomic E-state index is 12.7. The predicted molar refractivity (Wildman–Crippen MR) is 80.6 cm³/mol. The molecule has 0 radical (unpaired) electrons. The van der Waals surface area contributed by atoms with Crippen LogP contribution in [0.5, 0.6) is 0 Å². The van der Waals surface area contributed by atoms with E-state index in [0.29, 0.717) is 24.5 Å². The Morgan fingerprint density at radius 3 is 2.38 bits per heavy atom. The molecular formula is C14H18F3N3S. The van der Waals surface area contributed by atoms with Gasteiger partial charge in [0.2, 0.25) is 0 Å². The van der Waals surface area contributed by atoms with Gasteiger partial charge >= 0.3 is 6.18 Å². The predicted octanol–water partition coefficient (Wildman–Crippen LogP) is 3.11. The van der Waals surface area contributed by atoms with Crippen LogP contribution in [0.2, 0.25) is 0 Å². The molecule has 7 heteroatoms. The number of halogens is 3. The zero-order chi connectivity index (χ0) is 15.8. The highest BCUT2D eigenvalue weighted by Crippen LogP contribution is 2.36. The highest BCUT2D eigenvalue weighted by Gasteiger charge is 2.41. The van der Waals surface area contributed by atoms with Gasteiger partial charge in [-0.15, -0.1) is 0 Å². The highest BCUT2D eigenvalue weighted by atomic mass is 32.1. The van der Waals surface area contributed by atoms with Crippen LogP contribution in [0.25, 0.3) is 0 Å². The van der Waals surface area contributed by atoms with E-state index in [1.54, 1.807) is 0 Å². The second-order valence-corrected chi connectivity index (χ2v) is 5.89. The molecular weight excluding hydrogens is 299 g/mol. The van der Waals surface area contributed by atoms with Gasteiger partial charge in [-0.3, -0.25) is 0 Å². The second kappa shape index (κ2) is 5.79. The number of alkyl halides is 3. The Morgan fingerprint density at radius 2 is 1.90 bits per heavy atom. The van der Waals surface area contributed by atoms with Crippen molar-refractivity contribution < 1.29 is 13.2 Å². The fourth-order valence-electron chi connectivity index (χ4n) is 2.77. The van der Waals surface area contributed by atoms with E-state index in [-0.39, 0.29) is 17.8 Å². The number of nitrogens with zero attached hydrogens (tertiary/aromatic N) is 2. The van der Waals surface area contributed by atoms with Crippen LogP contribution in [0.3, 0.4) is 0 Å². The Morgan fingerprint density at radius 1 is 1.33 bits per heavy atom. The van der Waals surface area contributed by atoms with Crippen LogP contribution in [-0.2, 0) is 0 Å². The molecule has 2 N–H and O–H groups in total. The number of nitrogens with two attached hydrogens (primary N) is 1. The molecule has 2 rings (SSSR count). The fraction of sp³-hybridized carbons (Fsp3) is 0.571. The molecule has 0 saturated carbocycles. The summed E-state index contributed by atoms with van der Waals surface area (Å²) >= 11 is 5.06. The van der Waals surface area contributed by atoms with Crippen molar-refractivity contribution in [1.29, 1.82) is 0 Å². The molecule has 2 heterocycles. The first-order valence-corrected chi connectivity index (χ1v) is 7.20. The molecule has 0 spiro atoms.